The highest BCUT2D eigenvalue weighted by molar-refractivity contribution is 6.30. The Morgan fingerprint density at radius 1 is 1.20 bits per heavy atom. The highest BCUT2D eigenvalue weighted by Gasteiger charge is 2.18. The van der Waals surface area contributed by atoms with Gasteiger partial charge in [-0.05, 0) is 12.1 Å². The molecule has 4 rings (SSSR count). The average Bonchev–Trinajstić information content (AvgIpc) is 2.91. The van der Waals surface area contributed by atoms with E-state index in [4.69, 9.17) is 16.3 Å². The van der Waals surface area contributed by atoms with Gasteiger partial charge in [0.2, 0.25) is 0 Å². The van der Waals surface area contributed by atoms with Gasteiger partial charge in [-0.15, -0.1) is 0 Å². The summed E-state index contributed by atoms with van der Waals surface area (Å²) in [5.74, 6) is 0.569. The molecule has 0 atom stereocenters. The Hall–Kier alpha value is -1.98. The van der Waals surface area contributed by atoms with E-state index >= 15 is 0 Å². The van der Waals surface area contributed by atoms with Crippen molar-refractivity contribution < 1.29 is 4.74 Å². The van der Waals surface area contributed by atoms with Crippen molar-refractivity contribution >= 4 is 17.2 Å². The maximum atomic E-state index is 6.23. The molecule has 5 nitrogen and oxygen atoms in total. The Bertz CT molecular complexity index is 766. The zero-order valence-corrected chi connectivity index (χ0v) is 11.3. The zero-order valence-electron chi connectivity index (χ0n) is 10.6. The molecule has 20 heavy (non-hydrogen) atoms. The van der Waals surface area contributed by atoms with Crippen LogP contribution >= 0.6 is 11.6 Å². The molecule has 0 saturated carbocycles. The molecule has 0 radical (unpaired) electrons. The summed E-state index contributed by atoms with van der Waals surface area (Å²) >= 11 is 6.23. The third kappa shape index (κ3) is 1.87. The Morgan fingerprint density at radius 2 is 2.15 bits per heavy atom. The van der Waals surface area contributed by atoms with Crippen LogP contribution in [0.25, 0.3) is 17.2 Å². The topological polar surface area (TPSA) is 52.3 Å². The lowest BCUT2D eigenvalue weighted by atomic mass is 10.1. The quantitative estimate of drug-likeness (QED) is 0.645. The monoisotopic (exact) mass is 286 g/mol. The van der Waals surface area contributed by atoms with Crippen molar-refractivity contribution in [2.24, 2.45) is 0 Å². The van der Waals surface area contributed by atoms with Crippen LogP contribution < -0.4 is 0 Å². The summed E-state index contributed by atoms with van der Waals surface area (Å²) in [5, 5.41) is 0.460. The summed E-state index contributed by atoms with van der Waals surface area (Å²) in [6, 6.07) is 5.85. The molecule has 0 aliphatic carbocycles. The first-order valence-electron chi connectivity index (χ1n) is 6.38. The van der Waals surface area contributed by atoms with E-state index in [0.29, 0.717) is 24.2 Å². The minimum absolute atomic E-state index is 0.460. The van der Waals surface area contributed by atoms with Gasteiger partial charge < -0.3 is 9.14 Å². The van der Waals surface area contributed by atoms with Crippen molar-refractivity contribution in [3.63, 3.8) is 0 Å². The Kier molecular flexibility index (Phi) is 2.68. The summed E-state index contributed by atoms with van der Waals surface area (Å²) in [4.78, 5) is 13.5. The van der Waals surface area contributed by atoms with Crippen molar-refractivity contribution in [3.05, 3.63) is 47.0 Å². The number of hydrogen-bond donors (Lipinski definition) is 0. The number of nitrogens with zero attached hydrogens (tertiary/aromatic N) is 4. The van der Waals surface area contributed by atoms with Gasteiger partial charge in [0.15, 0.2) is 5.82 Å². The molecule has 1 aliphatic heterocycles. The van der Waals surface area contributed by atoms with E-state index in [1.807, 2.05) is 35.0 Å². The molecule has 0 spiro atoms. The summed E-state index contributed by atoms with van der Waals surface area (Å²) in [7, 11) is 0. The molecule has 0 saturated heterocycles. The third-order valence-corrected chi connectivity index (χ3v) is 3.68. The van der Waals surface area contributed by atoms with E-state index in [2.05, 4.69) is 15.0 Å². The molecule has 0 bridgehead atoms. The van der Waals surface area contributed by atoms with Crippen LogP contribution in [-0.2, 0) is 17.8 Å². The predicted molar refractivity (Wildman–Crippen MR) is 74.6 cm³/mol. The number of ether oxygens (including phenoxy) is 1. The van der Waals surface area contributed by atoms with Gasteiger partial charge in [-0.1, -0.05) is 17.7 Å². The fourth-order valence-electron chi connectivity index (χ4n) is 2.35. The molecule has 3 aromatic heterocycles. The van der Waals surface area contributed by atoms with Gasteiger partial charge >= 0.3 is 0 Å². The van der Waals surface area contributed by atoms with E-state index in [1.54, 1.807) is 0 Å². The largest absolute Gasteiger partial charge is 0.376 e. The summed E-state index contributed by atoms with van der Waals surface area (Å²) in [5.41, 5.74) is 3.45. The number of halogens is 1. The maximum Gasteiger partial charge on any atom is 0.181 e. The lowest BCUT2D eigenvalue weighted by Gasteiger charge is -2.16. The molecule has 0 aromatic carbocycles. The second-order valence-corrected chi connectivity index (χ2v) is 5.02. The normalized spacial score (nSPS) is 14.4. The van der Waals surface area contributed by atoms with Crippen LogP contribution in [0.1, 0.15) is 11.3 Å². The van der Waals surface area contributed by atoms with Crippen LogP contribution in [0, 0.1) is 0 Å². The fourth-order valence-corrected chi connectivity index (χ4v) is 2.59. The van der Waals surface area contributed by atoms with E-state index in [1.165, 1.54) is 0 Å². The fraction of sp³-hybridized carbons (Fsp3) is 0.214. The average molecular weight is 287 g/mol. The van der Waals surface area contributed by atoms with E-state index < -0.39 is 0 Å². The molecule has 0 unspecified atom stereocenters. The number of fused-ring (bicyclic) bond motifs is 2. The molecule has 100 valence electrons. The minimum atomic E-state index is 0.460. The molecule has 3 aromatic rings. The van der Waals surface area contributed by atoms with Crippen LogP contribution in [0.15, 0.2) is 30.6 Å². The van der Waals surface area contributed by atoms with Crippen molar-refractivity contribution in [2.45, 2.75) is 13.0 Å². The highest BCUT2D eigenvalue weighted by atomic mass is 35.5. The van der Waals surface area contributed by atoms with Gasteiger partial charge in [-0.25, -0.2) is 15.0 Å². The molecular formula is C14H11ClN4O. The van der Waals surface area contributed by atoms with Crippen LogP contribution in [0.2, 0.25) is 5.15 Å². The number of hydrogen-bond acceptors (Lipinski definition) is 4. The van der Waals surface area contributed by atoms with Crippen LogP contribution in [-0.4, -0.2) is 26.0 Å². The van der Waals surface area contributed by atoms with Crippen LogP contribution in [0.4, 0.5) is 0 Å². The number of rotatable bonds is 1. The SMILES string of the molecule is Clc1nc(-c2cn3ccccc3n2)nc2c1COCC2. The predicted octanol–water partition coefficient (Wildman–Crippen LogP) is 2.52. The Labute approximate surface area is 120 Å². The Morgan fingerprint density at radius 3 is 3.05 bits per heavy atom. The van der Waals surface area contributed by atoms with E-state index in [-0.39, 0.29) is 0 Å². The summed E-state index contributed by atoms with van der Waals surface area (Å²) in [6.07, 6.45) is 4.62. The second-order valence-electron chi connectivity index (χ2n) is 4.66. The van der Waals surface area contributed by atoms with Crippen molar-refractivity contribution in [1.29, 1.82) is 0 Å². The number of aromatic nitrogens is 4. The molecule has 6 heteroatoms. The van der Waals surface area contributed by atoms with Crippen molar-refractivity contribution in [1.82, 2.24) is 19.4 Å². The molecule has 1 aliphatic rings. The highest BCUT2D eigenvalue weighted by Crippen LogP contribution is 2.25. The van der Waals surface area contributed by atoms with Gasteiger partial charge in [0, 0.05) is 24.4 Å². The summed E-state index contributed by atoms with van der Waals surface area (Å²) in [6.45, 7) is 1.16. The van der Waals surface area contributed by atoms with Crippen molar-refractivity contribution in [2.75, 3.05) is 6.61 Å². The standard InChI is InChI=1S/C14H11ClN4O/c15-13-9-8-20-6-4-10(9)17-14(18-13)11-7-19-5-2-1-3-12(19)16-11/h1-3,5,7H,4,6,8H2. The van der Waals surface area contributed by atoms with Crippen LogP contribution in [0.3, 0.4) is 0 Å². The number of imidazole rings is 1. The van der Waals surface area contributed by atoms with E-state index in [0.717, 1.165) is 29.0 Å². The second kappa shape index (κ2) is 4.54. The lowest BCUT2D eigenvalue weighted by Crippen LogP contribution is -2.14. The van der Waals surface area contributed by atoms with Gasteiger partial charge in [0.05, 0.1) is 18.9 Å². The van der Waals surface area contributed by atoms with E-state index in [9.17, 15) is 0 Å². The first-order chi connectivity index (χ1) is 9.81. The third-order valence-electron chi connectivity index (χ3n) is 3.36. The van der Waals surface area contributed by atoms with Crippen molar-refractivity contribution in [3.8, 4) is 11.5 Å². The van der Waals surface area contributed by atoms with Gasteiger partial charge in [0.1, 0.15) is 16.5 Å². The smallest absolute Gasteiger partial charge is 0.181 e. The lowest BCUT2D eigenvalue weighted by molar-refractivity contribution is 0.109. The molecular weight excluding hydrogens is 276 g/mol. The van der Waals surface area contributed by atoms with Gasteiger partial charge in [-0.2, -0.15) is 0 Å². The Balaban J connectivity index is 1.87. The maximum absolute atomic E-state index is 6.23. The zero-order chi connectivity index (χ0) is 13.5. The first-order valence-corrected chi connectivity index (χ1v) is 6.76. The summed E-state index contributed by atoms with van der Waals surface area (Å²) < 4.78 is 7.33. The number of pyridine rings is 1. The first kappa shape index (κ1) is 11.8. The van der Waals surface area contributed by atoms with Crippen LogP contribution in [0.5, 0.6) is 0 Å². The molecule has 0 N–H and O–H groups in total. The minimum Gasteiger partial charge on any atom is -0.376 e. The molecule has 0 amide bonds. The van der Waals surface area contributed by atoms with Gasteiger partial charge in [-0.3, -0.25) is 0 Å². The van der Waals surface area contributed by atoms with Gasteiger partial charge in [0.25, 0.3) is 0 Å². The molecule has 4 heterocycles. The molecule has 0 fully saturated rings.